The van der Waals surface area contributed by atoms with E-state index in [-0.39, 0.29) is 29.8 Å². The molecule has 0 spiro atoms. The lowest BCUT2D eigenvalue weighted by Gasteiger charge is -2.12. The van der Waals surface area contributed by atoms with Crippen LogP contribution in [0.25, 0.3) is 0 Å². The van der Waals surface area contributed by atoms with Crippen LogP contribution in [0.4, 0.5) is 11.4 Å². The van der Waals surface area contributed by atoms with E-state index in [1.165, 1.54) is 11.6 Å². The average Bonchev–Trinajstić information content (AvgIpc) is 3.05. The molecular formula is C23H25N5O3. The largest absolute Gasteiger partial charge is 0.324 e. The van der Waals surface area contributed by atoms with Gasteiger partial charge in [0.1, 0.15) is 6.54 Å². The predicted molar refractivity (Wildman–Crippen MR) is 118 cm³/mol. The Morgan fingerprint density at radius 1 is 0.968 bits per heavy atom. The van der Waals surface area contributed by atoms with Crippen LogP contribution in [0.3, 0.4) is 0 Å². The highest BCUT2D eigenvalue weighted by molar-refractivity contribution is 6.04. The summed E-state index contributed by atoms with van der Waals surface area (Å²) < 4.78 is 1.37. The Morgan fingerprint density at radius 2 is 1.65 bits per heavy atom. The normalized spacial score (nSPS) is 10.6. The molecule has 0 aliphatic rings. The van der Waals surface area contributed by atoms with Crippen molar-refractivity contribution >= 4 is 29.0 Å². The van der Waals surface area contributed by atoms with Crippen molar-refractivity contribution < 1.29 is 14.4 Å². The summed E-state index contributed by atoms with van der Waals surface area (Å²) in [5, 5.41) is 13.5. The van der Waals surface area contributed by atoms with Gasteiger partial charge in [-0.3, -0.25) is 14.4 Å². The average molecular weight is 419 g/mol. The van der Waals surface area contributed by atoms with Crippen LogP contribution in [0.2, 0.25) is 0 Å². The fraction of sp³-hybridized carbons (Fsp3) is 0.261. The summed E-state index contributed by atoms with van der Waals surface area (Å²) in [6.45, 7) is 8.91. The Hall–Kier alpha value is -3.81. The first-order valence-corrected chi connectivity index (χ1v) is 9.86. The third-order valence-corrected chi connectivity index (χ3v) is 4.96. The zero-order chi connectivity index (χ0) is 22.7. The first-order valence-electron chi connectivity index (χ1n) is 9.86. The fourth-order valence-corrected chi connectivity index (χ4v) is 3.42. The predicted octanol–water partition coefficient (Wildman–Crippen LogP) is 3.61. The molecule has 0 saturated heterocycles. The van der Waals surface area contributed by atoms with E-state index in [1.807, 2.05) is 32.9 Å². The lowest BCUT2D eigenvalue weighted by Crippen LogP contribution is -2.21. The molecule has 0 saturated carbocycles. The lowest BCUT2D eigenvalue weighted by atomic mass is 10.0. The van der Waals surface area contributed by atoms with Crippen molar-refractivity contribution in [3.8, 4) is 0 Å². The second-order valence-electron chi connectivity index (χ2n) is 7.59. The monoisotopic (exact) mass is 419 g/mol. The number of nitrogens with one attached hydrogen (secondary N) is 2. The molecule has 3 aromatic rings. The fourth-order valence-electron chi connectivity index (χ4n) is 3.42. The number of rotatable bonds is 6. The van der Waals surface area contributed by atoms with E-state index in [4.69, 9.17) is 0 Å². The Kier molecular flexibility index (Phi) is 6.29. The Morgan fingerprint density at radius 3 is 2.29 bits per heavy atom. The molecule has 160 valence electrons. The molecule has 0 radical (unpaired) electrons. The van der Waals surface area contributed by atoms with Crippen molar-refractivity contribution in [1.82, 2.24) is 15.0 Å². The number of amides is 2. The highest BCUT2D eigenvalue weighted by Gasteiger charge is 2.19. The van der Waals surface area contributed by atoms with E-state index in [9.17, 15) is 14.4 Å². The van der Waals surface area contributed by atoms with E-state index in [1.54, 1.807) is 31.2 Å². The maximum absolute atomic E-state index is 12.8. The van der Waals surface area contributed by atoms with Gasteiger partial charge in [0.15, 0.2) is 11.5 Å². The van der Waals surface area contributed by atoms with Crippen LogP contribution in [-0.4, -0.2) is 32.6 Å². The summed E-state index contributed by atoms with van der Waals surface area (Å²) in [6, 6.07) is 10.7. The van der Waals surface area contributed by atoms with Gasteiger partial charge in [0.2, 0.25) is 5.91 Å². The van der Waals surface area contributed by atoms with Crippen LogP contribution in [0.5, 0.6) is 0 Å². The number of benzene rings is 2. The van der Waals surface area contributed by atoms with Crippen LogP contribution < -0.4 is 10.6 Å². The highest BCUT2D eigenvalue weighted by Crippen LogP contribution is 2.22. The number of nitrogens with zero attached hydrogens (tertiary/aromatic N) is 3. The maximum Gasteiger partial charge on any atom is 0.278 e. The Bertz CT molecular complexity index is 1160. The molecule has 0 atom stereocenters. The Balaban J connectivity index is 1.71. The molecule has 0 bridgehead atoms. The number of carbonyl (C=O) groups excluding carboxylic acids is 3. The number of aryl methyl sites for hydroxylation is 3. The zero-order valence-electron chi connectivity index (χ0n) is 18.2. The molecule has 0 unspecified atom stereocenters. The summed E-state index contributed by atoms with van der Waals surface area (Å²) in [6.07, 6.45) is 0. The summed E-state index contributed by atoms with van der Waals surface area (Å²) in [5.41, 5.74) is 5.45. The number of hydrogen-bond acceptors (Lipinski definition) is 5. The number of anilines is 2. The van der Waals surface area contributed by atoms with Crippen molar-refractivity contribution in [3.63, 3.8) is 0 Å². The van der Waals surface area contributed by atoms with Gasteiger partial charge in [-0.1, -0.05) is 35.0 Å². The first kappa shape index (κ1) is 21.9. The van der Waals surface area contributed by atoms with Crippen molar-refractivity contribution in [3.05, 3.63) is 70.0 Å². The number of ketones is 1. The zero-order valence-corrected chi connectivity index (χ0v) is 18.2. The van der Waals surface area contributed by atoms with Crippen molar-refractivity contribution in [1.29, 1.82) is 0 Å². The van der Waals surface area contributed by atoms with Gasteiger partial charge in [0.25, 0.3) is 5.91 Å². The van der Waals surface area contributed by atoms with Gasteiger partial charge in [-0.15, -0.1) is 5.10 Å². The number of aromatic nitrogens is 3. The molecule has 2 aromatic carbocycles. The topological polar surface area (TPSA) is 106 Å². The molecule has 2 amide bonds. The second-order valence-corrected chi connectivity index (χ2v) is 7.59. The van der Waals surface area contributed by atoms with Crippen LogP contribution in [0.1, 0.15) is 50.2 Å². The van der Waals surface area contributed by atoms with Crippen LogP contribution in [0.15, 0.2) is 36.4 Å². The molecular weight excluding hydrogens is 394 g/mol. The molecule has 0 aliphatic heterocycles. The van der Waals surface area contributed by atoms with Gasteiger partial charge in [0, 0.05) is 16.9 Å². The summed E-state index contributed by atoms with van der Waals surface area (Å²) >= 11 is 0. The molecule has 2 N–H and O–H groups in total. The van der Waals surface area contributed by atoms with Gasteiger partial charge < -0.3 is 10.6 Å². The van der Waals surface area contributed by atoms with Crippen molar-refractivity contribution in [2.75, 3.05) is 10.6 Å². The summed E-state index contributed by atoms with van der Waals surface area (Å²) in [5.74, 6) is -0.808. The van der Waals surface area contributed by atoms with Crippen LogP contribution in [-0.2, 0) is 11.3 Å². The standard InChI is InChI=1S/C23H25N5O3/c1-13-9-14(2)21(15(3)10-13)25-23(31)22-16(4)28(27-26-22)12-20(30)24-19-8-6-7-18(11-19)17(5)29/h6-11H,12H2,1-5H3,(H,24,30)(H,25,31). The van der Waals surface area contributed by atoms with E-state index in [2.05, 4.69) is 20.9 Å². The van der Waals surface area contributed by atoms with E-state index < -0.39 is 0 Å². The SMILES string of the molecule is CC(=O)c1cccc(NC(=O)Cn2nnc(C(=O)Nc3c(C)cc(C)cc3C)c2C)c1. The number of hydrogen-bond donors (Lipinski definition) is 2. The molecule has 0 aliphatic carbocycles. The smallest absolute Gasteiger partial charge is 0.278 e. The van der Waals surface area contributed by atoms with Gasteiger partial charge in [-0.25, -0.2) is 4.68 Å². The molecule has 31 heavy (non-hydrogen) atoms. The minimum atomic E-state index is -0.381. The molecule has 1 heterocycles. The minimum absolute atomic E-state index is 0.0853. The minimum Gasteiger partial charge on any atom is -0.324 e. The van der Waals surface area contributed by atoms with Crippen molar-refractivity contribution in [2.24, 2.45) is 0 Å². The first-order chi connectivity index (χ1) is 14.7. The van der Waals surface area contributed by atoms with Gasteiger partial charge in [0.05, 0.1) is 5.69 Å². The second kappa shape index (κ2) is 8.91. The number of Topliss-reactive ketones (excluding diaryl/α,β-unsaturated/α-hetero) is 1. The van der Waals surface area contributed by atoms with Crippen LogP contribution >= 0.6 is 0 Å². The van der Waals surface area contributed by atoms with Crippen molar-refractivity contribution in [2.45, 2.75) is 41.2 Å². The number of carbonyl (C=O) groups is 3. The third kappa shape index (κ3) is 5.03. The van der Waals surface area contributed by atoms with Gasteiger partial charge >= 0.3 is 0 Å². The third-order valence-electron chi connectivity index (χ3n) is 4.96. The highest BCUT2D eigenvalue weighted by atomic mass is 16.2. The molecule has 3 rings (SSSR count). The quantitative estimate of drug-likeness (QED) is 0.594. The summed E-state index contributed by atoms with van der Waals surface area (Å²) in [4.78, 5) is 36.7. The molecule has 0 fully saturated rings. The van der Waals surface area contributed by atoms with Crippen LogP contribution in [0, 0.1) is 27.7 Å². The van der Waals surface area contributed by atoms with E-state index in [0.717, 1.165) is 22.4 Å². The molecule has 1 aromatic heterocycles. The molecule has 8 heteroatoms. The van der Waals surface area contributed by atoms with Gasteiger partial charge in [-0.05, 0) is 57.9 Å². The molecule has 8 nitrogen and oxygen atoms in total. The van der Waals surface area contributed by atoms with E-state index >= 15 is 0 Å². The van der Waals surface area contributed by atoms with Gasteiger partial charge in [-0.2, -0.15) is 0 Å². The maximum atomic E-state index is 12.8. The lowest BCUT2D eigenvalue weighted by molar-refractivity contribution is -0.117. The summed E-state index contributed by atoms with van der Waals surface area (Å²) in [7, 11) is 0. The Labute approximate surface area is 180 Å². The van der Waals surface area contributed by atoms with E-state index in [0.29, 0.717) is 16.9 Å².